The van der Waals surface area contributed by atoms with Gasteiger partial charge in [0.05, 0.1) is 5.69 Å². The van der Waals surface area contributed by atoms with Crippen molar-refractivity contribution >= 4 is 45.5 Å². The van der Waals surface area contributed by atoms with Crippen molar-refractivity contribution in [1.82, 2.24) is 9.88 Å². The van der Waals surface area contributed by atoms with Crippen molar-refractivity contribution in [3.63, 3.8) is 0 Å². The quantitative estimate of drug-likeness (QED) is 0.458. The molecule has 0 saturated carbocycles. The Balaban J connectivity index is 1.80. The molecule has 6 nitrogen and oxygen atoms in total. The Morgan fingerprint density at radius 3 is 2.37 bits per heavy atom. The minimum atomic E-state index is -0.762. The van der Waals surface area contributed by atoms with Crippen LogP contribution >= 0.6 is 15.9 Å². The lowest BCUT2D eigenvalue weighted by Gasteiger charge is -2.27. The summed E-state index contributed by atoms with van der Waals surface area (Å²) >= 11 is 3.38. The minimum Gasteiger partial charge on any atom is -0.314 e. The number of barbiturate groups is 1. The number of rotatable bonds is 3. The van der Waals surface area contributed by atoms with E-state index in [1.165, 1.54) is 6.08 Å². The number of anilines is 1. The Hall–Kier alpha value is -3.45. The third kappa shape index (κ3) is 3.48. The van der Waals surface area contributed by atoms with Crippen molar-refractivity contribution in [3.05, 3.63) is 87.7 Å². The summed E-state index contributed by atoms with van der Waals surface area (Å²) in [6.45, 7) is 3.74. The van der Waals surface area contributed by atoms with E-state index in [9.17, 15) is 14.4 Å². The molecular formula is C23H18BrN3O3. The van der Waals surface area contributed by atoms with Crippen molar-refractivity contribution in [2.75, 3.05) is 4.90 Å². The molecule has 0 atom stereocenters. The van der Waals surface area contributed by atoms with Gasteiger partial charge in [-0.15, -0.1) is 0 Å². The lowest BCUT2D eigenvalue weighted by molar-refractivity contribution is -0.122. The van der Waals surface area contributed by atoms with Gasteiger partial charge < -0.3 is 4.57 Å². The van der Waals surface area contributed by atoms with E-state index in [1.54, 1.807) is 25.1 Å². The van der Waals surface area contributed by atoms with Gasteiger partial charge in [-0.05, 0) is 68.0 Å². The monoisotopic (exact) mass is 463 g/mol. The molecular weight excluding hydrogens is 446 g/mol. The first-order valence-corrected chi connectivity index (χ1v) is 10.1. The molecule has 4 amide bonds. The van der Waals surface area contributed by atoms with Gasteiger partial charge in [0.2, 0.25) is 0 Å². The fourth-order valence-electron chi connectivity index (χ4n) is 3.50. The van der Waals surface area contributed by atoms with Crippen molar-refractivity contribution in [2.45, 2.75) is 13.8 Å². The number of nitrogens with zero attached hydrogens (tertiary/aromatic N) is 2. The van der Waals surface area contributed by atoms with Crippen LogP contribution in [0.5, 0.6) is 0 Å². The Bertz CT molecular complexity index is 1210. The zero-order valence-electron chi connectivity index (χ0n) is 16.3. The smallest absolute Gasteiger partial charge is 0.314 e. The summed E-state index contributed by atoms with van der Waals surface area (Å²) in [5.41, 5.74) is 3.57. The molecule has 0 aliphatic carbocycles. The number of carbonyl (C=O) groups excluding carboxylic acids is 3. The topological polar surface area (TPSA) is 71.4 Å². The van der Waals surface area contributed by atoms with Gasteiger partial charge in [-0.25, -0.2) is 9.69 Å². The highest BCUT2D eigenvalue weighted by Crippen LogP contribution is 2.28. The molecule has 1 aliphatic heterocycles. The molecule has 0 spiro atoms. The molecule has 1 aliphatic rings. The summed E-state index contributed by atoms with van der Waals surface area (Å²) in [6.07, 6.45) is 1.52. The predicted octanol–water partition coefficient (Wildman–Crippen LogP) is 4.52. The first kappa shape index (κ1) is 19.8. The van der Waals surface area contributed by atoms with Gasteiger partial charge in [0.15, 0.2) is 0 Å². The van der Waals surface area contributed by atoms with Crippen molar-refractivity contribution in [2.24, 2.45) is 0 Å². The van der Waals surface area contributed by atoms with Gasteiger partial charge >= 0.3 is 6.03 Å². The van der Waals surface area contributed by atoms with Gasteiger partial charge in [-0.2, -0.15) is 0 Å². The Morgan fingerprint density at radius 2 is 1.67 bits per heavy atom. The molecule has 1 fully saturated rings. The molecule has 0 radical (unpaired) electrons. The van der Waals surface area contributed by atoms with Gasteiger partial charge in [0.25, 0.3) is 11.8 Å². The van der Waals surface area contributed by atoms with Crippen LogP contribution in [0, 0.1) is 13.8 Å². The molecule has 2 aromatic carbocycles. The molecule has 1 aromatic heterocycles. The highest BCUT2D eigenvalue weighted by atomic mass is 79.9. The van der Waals surface area contributed by atoms with Crippen LogP contribution in [0.4, 0.5) is 10.5 Å². The van der Waals surface area contributed by atoms with Crippen LogP contribution in [-0.2, 0) is 9.59 Å². The number of hydrogen-bond acceptors (Lipinski definition) is 3. The Labute approximate surface area is 181 Å². The number of benzene rings is 2. The molecule has 4 rings (SSSR count). The van der Waals surface area contributed by atoms with Crippen LogP contribution < -0.4 is 10.2 Å². The van der Waals surface area contributed by atoms with Crippen LogP contribution in [-0.4, -0.2) is 22.4 Å². The molecule has 1 N–H and O–H groups in total. The van der Waals surface area contributed by atoms with E-state index in [-0.39, 0.29) is 5.57 Å². The van der Waals surface area contributed by atoms with Crippen molar-refractivity contribution in [1.29, 1.82) is 0 Å². The SMILES string of the molecule is Cc1cc(Br)ccc1N1C(=O)NC(=O)/C(=C\c2ccc(C)n2-c2ccccc2)C1=O. The second kappa shape index (κ2) is 7.76. The number of para-hydroxylation sites is 1. The zero-order chi connectivity index (χ0) is 21.4. The summed E-state index contributed by atoms with van der Waals surface area (Å²) in [4.78, 5) is 39.2. The number of nitrogens with one attached hydrogen (secondary N) is 1. The molecule has 150 valence electrons. The maximum Gasteiger partial charge on any atom is 0.335 e. The largest absolute Gasteiger partial charge is 0.335 e. The predicted molar refractivity (Wildman–Crippen MR) is 118 cm³/mol. The fourth-order valence-corrected chi connectivity index (χ4v) is 3.97. The summed E-state index contributed by atoms with van der Waals surface area (Å²) in [5.74, 6) is -1.37. The lowest BCUT2D eigenvalue weighted by atomic mass is 10.1. The number of imide groups is 2. The molecule has 0 unspecified atom stereocenters. The second-order valence-corrected chi connectivity index (χ2v) is 7.87. The maximum absolute atomic E-state index is 13.2. The van der Waals surface area contributed by atoms with Crippen molar-refractivity contribution in [3.8, 4) is 5.69 Å². The molecule has 30 heavy (non-hydrogen) atoms. The van der Waals surface area contributed by atoms with Gasteiger partial charge in [0, 0.05) is 21.5 Å². The highest BCUT2D eigenvalue weighted by molar-refractivity contribution is 9.10. The van der Waals surface area contributed by atoms with Crippen LogP contribution in [0.25, 0.3) is 11.8 Å². The molecule has 1 saturated heterocycles. The Kier molecular flexibility index (Phi) is 5.13. The molecule has 7 heteroatoms. The minimum absolute atomic E-state index is 0.104. The number of halogens is 1. The highest BCUT2D eigenvalue weighted by Gasteiger charge is 2.37. The number of hydrogen-bond donors (Lipinski definition) is 1. The van der Waals surface area contributed by atoms with E-state index in [1.807, 2.05) is 54.0 Å². The summed E-state index contributed by atoms with van der Waals surface area (Å²) < 4.78 is 2.77. The molecule has 2 heterocycles. The number of aromatic nitrogens is 1. The molecule has 0 bridgehead atoms. The number of aryl methyl sites for hydroxylation is 2. The van der Waals surface area contributed by atoms with Gasteiger partial charge in [-0.1, -0.05) is 34.1 Å². The number of urea groups is 1. The number of amides is 4. The summed E-state index contributed by atoms with van der Waals surface area (Å²) in [7, 11) is 0. The van der Waals surface area contributed by atoms with Crippen LogP contribution in [0.15, 0.2) is 70.7 Å². The first-order valence-electron chi connectivity index (χ1n) is 9.28. The van der Waals surface area contributed by atoms with Crippen LogP contribution in [0.3, 0.4) is 0 Å². The third-order valence-electron chi connectivity index (χ3n) is 4.91. The average molecular weight is 464 g/mol. The first-order chi connectivity index (χ1) is 14.4. The normalized spacial score (nSPS) is 15.6. The van der Waals surface area contributed by atoms with E-state index in [0.717, 1.165) is 26.3 Å². The summed E-state index contributed by atoms with van der Waals surface area (Å²) in [6, 6.07) is 17.8. The van der Waals surface area contributed by atoms with Gasteiger partial charge in [-0.3, -0.25) is 14.9 Å². The summed E-state index contributed by atoms with van der Waals surface area (Å²) in [5, 5.41) is 2.27. The van der Waals surface area contributed by atoms with Crippen LogP contribution in [0.1, 0.15) is 17.0 Å². The molecule has 3 aromatic rings. The van der Waals surface area contributed by atoms with Crippen molar-refractivity contribution < 1.29 is 14.4 Å². The second-order valence-electron chi connectivity index (χ2n) is 6.96. The fraction of sp³-hybridized carbons (Fsp3) is 0.0870. The van der Waals surface area contributed by atoms with Gasteiger partial charge in [0.1, 0.15) is 5.57 Å². The van der Waals surface area contributed by atoms with Crippen LogP contribution in [0.2, 0.25) is 0 Å². The third-order valence-corrected chi connectivity index (χ3v) is 5.41. The van der Waals surface area contributed by atoms with E-state index in [2.05, 4.69) is 21.2 Å². The lowest BCUT2D eigenvalue weighted by Crippen LogP contribution is -2.54. The maximum atomic E-state index is 13.2. The van der Waals surface area contributed by atoms with E-state index < -0.39 is 17.8 Å². The average Bonchev–Trinajstić information content (AvgIpc) is 3.07. The Morgan fingerprint density at radius 1 is 0.933 bits per heavy atom. The van der Waals surface area contributed by atoms with E-state index in [0.29, 0.717) is 11.4 Å². The van der Waals surface area contributed by atoms with E-state index in [4.69, 9.17) is 0 Å². The standard InChI is InChI=1S/C23H18BrN3O3/c1-14-12-16(24)9-11-20(14)27-22(29)19(21(28)25-23(27)30)13-18-10-8-15(2)26(18)17-6-4-3-5-7-17/h3-13H,1-2H3,(H,25,28,30)/b19-13+. The zero-order valence-corrected chi connectivity index (χ0v) is 17.9. The van der Waals surface area contributed by atoms with E-state index >= 15 is 0 Å². The number of carbonyl (C=O) groups is 3.